The molecule has 2 aliphatic heterocycles. The lowest BCUT2D eigenvalue weighted by atomic mass is 10.1. The van der Waals surface area contributed by atoms with Gasteiger partial charge in [-0.1, -0.05) is 18.5 Å². The zero-order chi connectivity index (χ0) is 13.2. The molecular weight excluding hydrogens is 274 g/mol. The van der Waals surface area contributed by atoms with Crippen LogP contribution in [0.3, 0.4) is 0 Å². The van der Waals surface area contributed by atoms with E-state index >= 15 is 0 Å². The van der Waals surface area contributed by atoms with Crippen molar-refractivity contribution >= 4 is 12.4 Å². The first-order chi connectivity index (χ1) is 9.28. The highest BCUT2D eigenvalue weighted by molar-refractivity contribution is 5.85. The maximum absolute atomic E-state index is 5.55. The minimum atomic E-state index is 0. The van der Waals surface area contributed by atoms with Gasteiger partial charge in [-0.15, -0.1) is 12.4 Å². The van der Waals surface area contributed by atoms with E-state index < -0.39 is 0 Å². The smallest absolute Gasteiger partial charge is 0.141 e. The summed E-state index contributed by atoms with van der Waals surface area (Å²) in [5, 5.41) is 4.18. The Morgan fingerprint density at radius 3 is 2.90 bits per heavy atom. The van der Waals surface area contributed by atoms with Crippen molar-refractivity contribution in [1.29, 1.82) is 0 Å². The van der Waals surface area contributed by atoms with Crippen molar-refractivity contribution in [1.82, 2.24) is 15.0 Å². The van der Waals surface area contributed by atoms with Gasteiger partial charge in [-0.25, -0.2) is 0 Å². The standard InChI is InChI=1S/C15H25N3O.ClH/c1-3-5-13-10-14(19-16-13)12-7-9-18(11-12)15-6-4-8-17(15)2;/h10,12,15H,3-9,11H2,1-2H3;1H/t12?,15-;/m0./s1. The van der Waals surface area contributed by atoms with E-state index in [1.54, 1.807) is 0 Å². The van der Waals surface area contributed by atoms with Crippen molar-refractivity contribution in [2.24, 2.45) is 0 Å². The Bertz CT molecular complexity index is 423. The summed E-state index contributed by atoms with van der Waals surface area (Å²) in [5.41, 5.74) is 1.12. The Hall–Kier alpha value is -0.580. The third kappa shape index (κ3) is 3.18. The number of rotatable bonds is 4. The van der Waals surface area contributed by atoms with Crippen molar-refractivity contribution in [3.8, 4) is 0 Å². The molecule has 2 fully saturated rings. The minimum Gasteiger partial charge on any atom is -0.361 e. The molecular formula is C15H26ClN3O. The molecule has 114 valence electrons. The van der Waals surface area contributed by atoms with E-state index in [0.717, 1.165) is 30.8 Å². The van der Waals surface area contributed by atoms with E-state index in [0.29, 0.717) is 12.1 Å². The monoisotopic (exact) mass is 299 g/mol. The number of aryl methyl sites for hydroxylation is 1. The average Bonchev–Trinajstić information content (AvgIpc) is 3.08. The first kappa shape index (κ1) is 15.8. The SMILES string of the molecule is CCCc1cc(C2CCN([C@H]3CCCN3C)C2)on1.Cl. The maximum atomic E-state index is 5.55. The Morgan fingerprint density at radius 2 is 2.20 bits per heavy atom. The first-order valence-electron chi connectivity index (χ1n) is 7.67. The lowest BCUT2D eigenvalue weighted by Gasteiger charge is -2.29. The molecule has 0 spiro atoms. The molecule has 0 amide bonds. The molecule has 0 N–H and O–H groups in total. The molecule has 0 bridgehead atoms. The summed E-state index contributed by atoms with van der Waals surface area (Å²) in [6.45, 7) is 5.76. The normalized spacial score (nSPS) is 27.9. The van der Waals surface area contributed by atoms with Crippen LogP contribution in [-0.4, -0.2) is 47.8 Å². The predicted octanol–water partition coefficient (Wildman–Crippen LogP) is 2.89. The molecule has 1 aromatic rings. The van der Waals surface area contributed by atoms with Crippen LogP contribution < -0.4 is 0 Å². The van der Waals surface area contributed by atoms with Crippen molar-refractivity contribution in [3.05, 3.63) is 17.5 Å². The van der Waals surface area contributed by atoms with Crippen LogP contribution in [0.25, 0.3) is 0 Å². The van der Waals surface area contributed by atoms with E-state index in [-0.39, 0.29) is 12.4 Å². The van der Waals surface area contributed by atoms with Crippen LogP contribution in [0.1, 0.15) is 50.0 Å². The molecule has 0 radical (unpaired) electrons. The van der Waals surface area contributed by atoms with Crippen LogP contribution in [0.2, 0.25) is 0 Å². The number of halogens is 1. The van der Waals surface area contributed by atoms with Gasteiger partial charge in [0.05, 0.1) is 11.9 Å². The highest BCUT2D eigenvalue weighted by Gasteiger charge is 2.34. The van der Waals surface area contributed by atoms with E-state index in [4.69, 9.17) is 4.52 Å². The van der Waals surface area contributed by atoms with Gasteiger partial charge >= 0.3 is 0 Å². The average molecular weight is 300 g/mol. The summed E-state index contributed by atoms with van der Waals surface area (Å²) >= 11 is 0. The molecule has 5 heteroatoms. The van der Waals surface area contributed by atoms with Crippen molar-refractivity contribution in [2.45, 2.75) is 51.1 Å². The molecule has 1 aromatic heterocycles. The van der Waals surface area contributed by atoms with Gasteiger partial charge in [0.2, 0.25) is 0 Å². The molecule has 1 unspecified atom stereocenters. The van der Waals surface area contributed by atoms with Crippen molar-refractivity contribution in [2.75, 3.05) is 26.7 Å². The van der Waals surface area contributed by atoms with E-state index in [1.165, 1.54) is 32.4 Å². The Kier molecular flexibility index (Phi) is 5.47. The summed E-state index contributed by atoms with van der Waals surface area (Å²) in [7, 11) is 2.25. The third-order valence-corrected chi connectivity index (χ3v) is 4.61. The highest BCUT2D eigenvalue weighted by Crippen LogP contribution is 2.32. The van der Waals surface area contributed by atoms with Gasteiger partial charge < -0.3 is 4.52 Å². The lowest BCUT2D eigenvalue weighted by Crippen LogP contribution is -2.41. The summed E-state index contributed by atoms with van der Waals surface area (Å²) in [6.07, 6.45) is 6.70. The number of hydrogen-bond acceptors (Lipinski definition) is 4. The quantitative estimate of drug-likeness (QED) is 0.856. The summed E-state index contributed by atoms with van der Waals surface area (Å²) < 4.78 is 5.55. The van der Waals surface area contributed by atoms with Crippen molar-refractivity contribution in [3.63, 3.8) is 0 Å². The second kappa shape index (κ2) is 6.92. The Labute approximate surface area is 127 Å². The van der Waals surface area contributed by atoms with Gasteiger partial charge in [0.15, 0.2) is 0 Å². The summed E-state index contributed by atoms with van der Waals surface area (Å²) in [4.78, 5) is 5.12. The molecule has 0 aromatic carbocycles. The molecule has 3 heterocycles. The van der Waals surface area contributed by atoms with Crippen LogP contribution in [0.4, 0.5) is 0 Å². The molecule has 0 saturated carbocycles. The topological polar surface area (TPSA) is 32.5 Å². The van der Waals surface area contributed by atoms with Gasteiger partial charge in [-0.05, 0) is 39.3 Å². The molecule has 20 heavy (non-hydrogen) atoms. The van der Waals surface area contributed by atoms with Gasteiger partial charge in [-0.2, -0.15) is 0 Å². The molecule has 0 aliphatic carbocycles. The van der Waals surface area contributed by atoms with Gasteiger partial charge in [-0.3, -0.25) is 9.80 Å². The molecule has 2 atom stereocenters. The van der Waals surface area contributed by atoms with Gasteiger partial charge in [0.25, 0.3) is 0 Å². The highest BCUT2D eigenvalue weighted by atomic mass is 35.5. The van der Waals surface area contributed by atoms with Crippen LogP contribution in [0.5, 0.6) is 0 Å². The molecule has 3 rings (SSSR count). The first-order valence-corrected chi connectivity index (χ1v) is 7.67. The molecule has 2 saturated heterocycles. The van der Waals surface area contributed by atoms with Gasteiger partial charge in [0.1, 0.15) is 5.76 Å². The largest absolute Gasteiger partial charge is 0.361 e. The maximum Gasteiger partial charge on any atom is 0.141 e. The summed E-state index contributed by atoms with van der Waals surface area (Å²) in [5.74, 6) is 1.65. The van der Waals surface area contributed by atoms with E-state index in [1.807, 2.05) is 0 Å². The number of aromatic nitrogens is 1. The van der Waals surface area contributed by atoms with Crippen LogP contribution in [0.15, 0.2) is 10.6 Å². The second-order valence-electron chi connectivity index (χ2n) is 6.05. The minimum absolute atomic E-state index is 0. The molecule has 4 nitrogen and oxygen atoms in total. The Morgan fingerprint density at radius 1 is 1.35 bits per heavy atom. The molecule has 2 aliphatic rings. The van der Waals surface area contributed by atoms with Crippen LogP contribution in [0, 0.1) is 0 Å². The Balaban J connectivity index is 0.00000147. The summed E-state index contributed by atoms with van der Waals surface area (Å²) in [6, 6.07) is 2.18. The second-order valence-corrected chi connectivity index (χ2v) is 6.05. The number of likely N-dealkylation sites (tertiary alicyclic amines) is 2. The predicted molar refractivity (Wildman–Crippen MR) is 82.3 cm³/mol. The third-order valence-electron chi connectivity index (χ3n) is 4.61. The van der Waals surface area contributed by atoms with Crippen LogP contribution in [-0.2, 0) is 6.42 Å². The fourth-order valence-electron chi connectivity index (χ4n) is 3.54. The van der Waals surface area contributed by atoms with Crippen LogP contribution >= 0.6 is 12.4 Å². The fraction of sp³-hybridized carbons (Fsp3) is 0.800. The fourth-order valence-corrected chi connectivity index (χ4v) is 3.54. The van der Waals surface area contributed by atoms with Crippen molar-refractivity contribution < 1.29 is 4.52 Å². The van der Waals surface area contributed by atoms with Gasteiger partial charge in [0, 0.05) is 25.1 Å². The number of nitrogens with zero attached hydrogens (tertiary/aromatic N) is 3. The van der Waals surface area contributed by atoms with E-state index in [2.05, 4.69) is 35.0 Å². The zero-order valence-electron chi connectivity index (χ0n) is 12.5. The zero-order valence-corrected chi connectivity index (χ0v) is 13.4. The number of hydrogen-bond donors (Lipinski definition) is 0. The van der Waals surface area contributed by atoms with E-state index in [9.17, 15) is 0 Å². The lowest BCUT2D eigenvalue weighted by molar-refractivity contribution is 0.116.